The molecule has 11 heteroatoms. The predicted molar refractivity (Wildman–Crippen MR) is 62.6 cm³/mol. The van der Waals surface area contributed by atoms with Gasteiger partial charge in [0.15, 0.2) is 0 Å². The van der Waals surface area contributed by atoms with Gasteiger partial charge in [0.05, 0.1) is 0 Å². The van der Waals surface area contributed by atoms with Gasteiger partial charge in [0.2, 0.25) is 20.9 Å². The van der Waals surface area contributed by atoms with E-state index in [2.05, 4.69) is 9.97 Å². The van der Waals surface area contributed by atoms with Crippen LogP contribution in [0.2, 0.25) is 0 Å². The van der Waals surface area contributed by atoms with Crippen molar-refractivity contribution in [2.75, 3.05) is 11.4 Å². The van der Waals surface area contributed by atoms with E-state index in [4.69, 9.17) is 10.7 Å². The highest BCUT2D eigenvalue weighted by Gasteiger charge is 2.40. The van der Waals surface area contributed by atoms with Gasteiger partial charge in [-0.25, -0.2) is 18.4 Å². The van der Waals surface area contributed by atoms with Gasteiger partial charge in [-0.05, 0) is 6.07 Å². The van der Waals surface area contributed by atoms with E-state index >= 15 is 0 Å². The van der Waals surface area contributed by atoms with Gasteiger partial charge in [0, 0.05) is 29.8 Å². The zero-order chi connectivity index (χ0) is 15.1. The summed E-state index contributed by atoms with van der Waals surface area (Å²) in [6, 6.07) is 0.653. The molecule has 1 unspecified atom stereocenters. The molecular weight excluding hydrogens is 323 g/mol. The molecule has 0 bridgehead atoms. The summed E-state index contributed by atoms with van der Waals surface area (Å²) in [6.07, 6.45) is -4.25. The highest BCUT2D eigenvalue weighted by Crippen LogP contribution is 2.30. The van der Waals surface area contributed by atoms with Gasteiger partial charge in [-0.15, -0.1) is 0 Å². The second-order valence-corrected chi connectivity index (χ2v) is 6.95. The molecule has 1 amide bonds. The van der Waals surface area contributed by atoms with Gasteiger partial charge < -0.3 is 0 Å². The Bertz CT molecular complexity index is 649. The van der Waals surface area contributed by atoms with Gasteiger partial charge in [-0.1, -0.05) is 0 Å². The van der Waals surface area contributed by atoms with Crippen LogP contribution >= 0.6 is 10.7 Å². The standard InChI is InChI=1S/C9H7ClF3N3O3S/c10-20(18,19)5-3-7(17)16(4-5)8-14-2-1-6(15-8)9(11,12)13/h1-2,5H,3-4H2. The number of carbonyl (C=O) groups excluding carboxylic acids is 1. The number of hydrogen-bond acceptors (Lipinski definition) is 5. The van der Waals surface area contributed by atoms with Crippen LogP contribution in [0.3, 0.4) is 0 Å². The summed E-state index contributed by atoms with van der Waals surface area (Å²) < 4.78 is 59.8. The first-order valence-corrected chi connectivity index (χ1v) is 7.60. The third-order valence-electron chi connectivity index (χ3n) is 2.66. The molecule has 1 aliphatic rings. The summed E-state index contributed by atoms with van der Waals surface area (Å²) in [4.78, 5) is 19.2. The number of alkyl halides is 3. The van der Waals surface area contributed by atoms with E-state index in [1.54, 1.807) is 0 Å². The lowest BCUT2D eigenvalue weighted by atomic mass is 10.4. The SMILES string of the molecule is O=C1CC(S(=O)(=O)Cl)CN1c1nccc(C(F)(F)F)n1. The monoisotopic (exact) mass is 329 g/mol. The van der Waals surface area contributed by atoms with Gasteiger partial charge >= 0.3 is 6.18 Å². The van der Waals surface area contributed by atoms with Crippen LogP contribution in [-0.2, 0) is 20.0 Å². The molecule has 1 fully saturated rings. The van der Waals surface area contributed by atoms with E-state index in [9.17, 15) is 26.4 Å². The first-order valence-electron chi connectivity index (χ1n) is 5.23. The normalized spacial score (nSPS) is 20.5. The molecule has 2 rings (SSSR count). The van der Waals surface area contributed by atoms with Gasteiger partial charge in [-0.3, -0.25) is 9.69 Å². The van der Waals surface area contributed by atoms with Crippen LogP contribution in [0.5, 0.6) is 0 Å². The fraction of sp³-hybridized carbons (Fsp3) is 0.444. The van der Waals surface area contributed by atoms with Crippen molar-refractivity contribution in [3.8, 4) is 0 Å². The molecule has 0 aliphatic carbocycles. The minimum absolute atomic E-state index is 0.369. The van der Waals surface area contributed by atoms with Crippen molar-refractivity contribution in [3.05, 3.63) is 18.0 Å². The summed E-state index contributed by atoms with van der Waals surface area (Å²) >= 11 is 0. The quantitative estimate of drug-likeness (QED) is 0.761. The van der Waals surface area contributed by atoms with Gasteiger partial charge in [0.1, 0.15) is 10.9 Å². The van der Waals surface area contributed by atoms with Crippen LogP contribution in [0.15, 0.2) is 12.3 Å². The highest BCUT2D eigenvalue weighted by molar-refractivity contribution is 8.14. The molecule has 1 atom stereocenters. The lowest BCUT2D eigenvalue weighted by molar-refractivity contribution is -0.141. The zero-order valence-corrected chi connectivity index (χ0v) is 11.2. The number of nitrogens with zero attached hydrogens (tertiary/aromatic N) is 3. The Morgan fingerprint density at radius 1 is 1.40 bits per heavy atom. The fourth-order valence-corrected chi connectivity index (χ4v) is 2.72. The Morgan fingerprint density at radius 3 is 2.55 bits per heavy atom. The van der Waals surface area contributed by atoms with Crippen LogP contribution in [0.1, 0.15) is 12.1 Å². The number of halogens is 4. The van der Waals surface area contributed by atoms with Crippen molar-refractivity contribution >= 4 is 31.6 Å². The molecular formula is C9H7ClF3N3O3S. The highest BCUT2D eigenvalue weighted by atomic mass is 35.7. The molecule has 0 radical (unpaired) electrons. The minimum atomic E-state index is -4.68. The Labute approximate surface area is 116 Å². The summed E-state index contributed by atoms with van der Waals surface area (Å²) in [6.45, 7) is -0.369. The fourth-order valence-electron chi connectivity index (χ4n) is 1.69. The van der Waals surface area contributed by atoms with Crippen molar-refractivity contribution in [2.24, 2.45) is 0 Å². The Morgan fingerprint density at radius 2 is 2.05 bits per heavy atom. The van der Waals surface area contributed by atoms with E-state index in [0.29, 0.717) is 6.07 Å². The molecule has 0 aromatic carbocycles. The number of hydrogen-bond donors (Lipinski definition) is 0. The third-order valence-corrected chi connectivity index (χ3v) is 4.53. The molecule has 0 saturated carbocycles. The van der Waals surface area contributed by atoms with E-state index in [0.717, 1.165) is 11.1 Å². The van der Waals surface area contributed by atoms with Crippen molar-refractivity contribution in [1.82, 2.24) is 9.97 Å². The molecule has 0 spiro atoms. The van der Waals surface area contributed by atoms with Crippen molar-refractivity contribution in [3.63, 3.8) is 0 Å². The van der Waals surface area contributed by atoms with Crippen LogP contribution < -0.4 is 4.90 Å². The van der Waals surface area contributed by atoms with E-state index < -0.39 is 44.4 Å². The summed E-state index contributed by atoms with van der Waals surface area (Å²) in [5.41, 5.74) is -1.22. The second-order valence-electron chi connectivity index (χ2n) is 4.05. The number of aromatic nitrogens is 2. The molecule has 110 valence electrons. The largest absolute Gasteiger partial charge is 0.433 e. The lowest BCUT2D eigenvalue weighted by Gasteiger charge is -2.15. The summed E-state index contributed by atoms with van der Waals surface area (Å²) in [7, 11) is 1.15. The van der Waals surface area contributed by atoms with E-state index in [1.807, 2.05) is 0 Å². The first kappa shape index (κ1) is 15.0. The molecule has 1 aromatic rings. The summed E-state index contributed by atoms with van der Waals surface area (Å²) in [5.74, 6) is -1.19. The Kier molecular flexibility index (Phi) is 3.63. The average molecular weight is 330 g/mol. The molecule has 2 heterocycles. The van der Waals surface area contributed by atoms with Crippen LogP contribution in [0, 0.1) is 0 Å². The van der Waals surface area contributed by atoms with Crippen molar-refractivity contribution in [1.29, 1.82) is 0 Å². The van der Waals surface area contributed by atoms with E-state index in [1.165, 1.54) is 0 Å². The average Bonchev–Trinajstić information content (AvgIpc) is 2.70. The maximum atomic E-state index is 12.5. The zero-order valence-electron chi connectivity index (χ0n) is 9.63. The third kappa shape index (κ3) is 3.01. The van der Waals surface area contributed by atoms with Crippen LogP contribution in [0.4, 0.5) is 19.1 Å². The number of amides is 1. The Balaban J connectivity index is 2.32. The van der Waals surface area contributed by atoms with Crippen LogP contribution in [-0.4, -0.2) is 36.1 Å². The maximum absolute atomic E-state index is 12.5. The summed E-state index contributed by atoms with van der Waals surface area (Å²) in [5, 5.41) is -1.19. The minimum Gasteiger partial charge on any atom is -0.279 e. The number of carbonyl (C=O) groups is 1. The van der Waals surface area contributed by atoms with Gasteiger partial charge in [-0.2, -0.15) is 13.2 Å². The molecule has 1 aliphatic heterocycles. The first-order chi connectivity index (χ1) is 9.09. The topological polar surface area (TPSA) is 80.2 Å². The molecule has 1 aromatic heterocycles. The van der Waals surface area contributed by atoms with Crippen molar-refractivity contribution < 1.29 is 26.4 Å². The molecule has 1 saturated heterocycles. The van der Waals surface area contributed by atoms with Crippen LogP contribution in [0.25, 0.3) is 0 Å². The number of anilines is 1. The maximum Gasteiger partial charge on any atom is 0.433 e. The Hall–Kier alpha value is -1.42. The van der Waals surface area contributed by atoms with Crippen molar-refractivity contribution in [2.45, 2.75) is 17.8 Å². The van der Waals surface area contributed by atoms with E-state index in [-0.39, 0.29) is 6.54 Å². The molecule has 6 nitrogen and oxygen atoms in total. The number of rotatable bonds is 2. The molecule has 0 N–H and O–H groups in total. The van der Waals surface area contributed by atoms with Gasteiger partial charge in [0.25, 0.3) is 0 Å². The predicted octanol–water partition coefficient (Wildman–Crippen LogP) is 1.17. The smallest absolute Gasteiger partial charge is 0.279 e. The molecule has 20 heavy (non-hydrogen) atoms. The second kappa shape index (κ2) is 4.85. The lowest BCUT2D eigenvalue weighted by Crippen LogP contribution is -2.29.